The molecule has 1 heterocycles. The summed E-state index contributed by atoms with van der Waals surface area (Å²) in [6.45, 7) is 6.22. The molecule has 116 valence electrons. The number of piperidine rings is 1. The molecule has 1 fully saturated rings. The molecule has 1 aromatic rings. The van der Waals surface area contributed by atoms with Gasteiger partial charge in [-0.1, -0.05) is 0 Å². The fourth-order valence-corrected chi connectivity index (χ4v) is 2.41. The maximum absolute atomic E-state index is 12.9. The van der Waals surface area contributed by atoms with Gasteiger partial charge in [0.1, 0.15) is 11.6 Å². The highest BCUT2D eigenvalue weighted by Crippen LogP contribution is 2.25. The van der Waals surface area contributed by atoms with Crippen molar-refractivity contribution in [1.82, 2.24) is 4.90 Å². The Morgan fingerprint density at radius 2 is 1.81 bits per heavy atom. The van der Waals surface area contributed by atoms with Crippen molar-refractivity contribution in [2.24, 2.45) is 0 Å². The minimum Gasteiger partial charge on any atom is -0.478 e. The Morgan fingerprint density at radius 1 is 1.29 bits per heavy atom. The van der Waals surface area contributed by atoms with Crippen LogP contribution in [0.5, 0.6) is 5.75 Å². The van der Waals surface area contributed by atoms with Crippen LogP contribution in [0.1, 0.15) is 33.6 Å². The molecule has 21 heavy (non-hydrogen) atoms. The lowest BCUT2D eigenvalue weighted by molar-refractivity contribution is -0.149. The normalized spacial score (nSPS) is 18.4. The summed E-state index contributed by atoms with van der Waals surface area (Å²) in [6, 6.07) is 5.61. The Morgan fingerprint density at radius 3 is 2.33 bits per heavy atom. The summed E-state index contributed by atoms with van der Waals surface area (Å²) in [5, 5.41) is 9.93. The molecule has 1 aliphatic rings. The van der Waals surface area contributed by atoms with Crippen molar-refractivity contribution in [2.45, 2.75) is 44.8 Å². The topological polar surface area (TPSA) is 49.8 Å². The van der Waals surface area contributed by atoms with Gasteiger partial charge >= 0.3 is 0 Å². The Labute approximate surface area is 124 Å². The van der Waals surface area contributed by atoms with Gasteiger partial charge < -0.3 is 14.7 Å². The fourth-order valence-electron chi connectivity index (χ4n) is 2.41. The molecule has 1 aliphatic heterocycles. The molecule has 0 radical (unpaired) electrons. The van der Waals surface area contributed by atoms with E-state index in [1.54, 1.807) is 25.7 Å². The van der Waals surface area contributed by atoms with E-state index in [1.165, 1.54) is 24.3 Å². The van der Waals surface area contributed by atoms with Gasteiger partial charge in [0.05, 0.1) is 5.60 Å². The smallest absolute Gasteiger partial charge is 0.266 e. The first-order chi connectivity index (χ1) is 9.70. The van der Waals surface area contributed by atoms with Crippen LogP contribution in [0.25, 0.3) is 0 Å². The predicted octanol–water partition coefficient (Wildman–Crippen LogP) is 2.36. The Hall–Kier alpha value is -1.62. The van der Waals surface area contributed by atoms with Crippen LogP contribution in [0.2, 0.25) is 0 Å². The second-order valence-electron chi connectivity index (χ2n) is 6.36. The van der Waals surface area contributed by atoms with Crippen LogP contribution in [0.3, 0.4) is 0 Å². The van der Waals surface area contributed by atoms with Gasteiger partial charge in [-0.3, -0.25) is 4.79 Å². The molecule has 0 atom stereocenters. The van der Waals surface area contributed by atoms with Crippen LogP contribution in [0, 0.1) is 5.82 Å². The van der Waals surface area contributed by atoms with E-state index in [2.05, 4.69) is 0 Å². The van der Waals surface area contributed by atoms with Gasteiger partial charge in [-0.05, 0) is 57.9 Å². The first kappa shape index (κ1) is 15.8. The van der Waals surface area contributed by atoms with Crippen molar-refractivity contribution in [2.75, 3.05) is 13.1 Å². The summed E-state index contributed by atoms with van der Waals surface area (Å²) in [7, 11) is 0. The van der Waals surface area contributed by atoms with Gasteiger partial charge in [-0.15, -0.1) is 0 Å². The number of likely N-dealkylation sites (tertiary alicyclic amines) is 1. The fraction of sp³-hybridized carbons (Fsp3) is 0.562. The van der Waals surface area contributed by atoms with E-state index in [1.807, 2.05) is 0 Å². The third-order valence-electron chi connectivity index (χ3n) is 3.83. The van der Waals surface area contributed by atoms with Gasteiger partial charge in [0.25, 0.3) is 5.91 Å². The lowest BCUT2D eigenvalue weighted by Crippen LogP contribution is -2.53. The van der Waals surface area contributed by atoms with Gasteiger partial charge in [0.15, 0.2) is 5.60 Å². The van der Waals surface area contributed by atoms with Crippen molar-refractivity contribution >= 4 is 5.91 Å². The van der Waals surface area contributed by atoms with Gasteiger partial charge in [-0.25, -0.2) is 4.39 Å². The number of rotatable bonds is 3. The van der Waals surface area contributed by atoms with Gasteiger partial charge in [-0.2, -0.15) is 0 Å². The molecule has 4 nitrogen and oxygen atoms in total. The highest BCUT2D eigenvalue weighted by atomic mass is 19.1. The third-order valence-corrected chi connectivity index (χ3v) is 3.83. The first-order valence-corrected chi connectivity index (χ1v) is 7.16. The number of carbonyl (C=O) groups is 1. The van der Waals surface area contributed by atoms with Crippen LogP contribution in [-0.4, -0.2) is 40.2 Å². The van der Waals surface area contributed by atoms with Crippen LogP contribution in [0.15, 0.2) is 24.3 Å². The molecule has 0 unspecified atom stereocenters. The molecule has 0 saturated carbocycles. The Bertz CT molecular complexity index is 501. The standard InChI is InChI=1S/C16H22FNO3/c1-15(2,21-13-6-4-12(17)5-7-13)14(19)18-10-8-16(3,20)9-11-18/h4-7,20H,8-11H2,1-3H3. The number of hydrogen-bond donors (Lipinski definition) is 1. The van der Waals surface area contributed by atoms with E-state index < -0.39 is 11.2 Å². The number of amides is 1. The summed E-state index contributed by atoms with van der Waals surface area (Å²) < 4.78 is 18.6. The van der Waals surface area contributed by atoms with Crippen LogP contribution in [0.4, 0.5) is 4.39 Å². The van der Waals surface area contributed by atoms with E-state index in [0.29, 0.717) is 31.7 Å². The maximum atomic E-state index is 12.9. The SMILES string of the molecule is CC1(O)CCN(C(=O)C(C)(C)Oc2ccc(F)cc2)CC1. The zero-order valence-electron chi connectivity index (χ0n) is 12.7. The number of hydrogen-bond acceptors (Lipinski definition) is 3. The number of aliphatic hydroxyl groups is 1. The molecule has 1 aromatic carbocycles. The molecular formula is C16H22FNO3. The summed E-state index contributed by atoms with van der Waals surface area (Å²) in [6.07, 6.45) is 1.12. The molecule has 1 amide bonds. The van der Waals surface area contributed by atoms with Crippen molar-refractivity contribution in [3.63, 3.8) is 0 Å². The van der Waals surface area contributed by atoms with Crippen LogP contribution in [-0.2, 0) is 4.79 Å². The average Bonchev–Trinajstić information content (AvgIpc) is 2.40. The number of nitrogens with zero attached hydrogens (tertiary/aromatic N) is 1. The number of halogens is 1. The van der Waals surface area contributed by atoms with Crippen molar-refractivity contribution in [1.29, 1.82) is 0 Å². The number of carbonyl (C=O) groups excluding carboxylic acids is 1. The largest absolute Gasteiger partial charge is 0.478 e. The zero-order chi connectivity index (χ0) is 15.7. The lowest BCUT2D eigenvalue weighted by Gasteiger charge is -2.39. The predicted molar refractivity (Wildman–Crippen MR) is 77.5 cm³/mol. The highest BCUT2D eigenvalue weighted by molar-refractivity contribution is 5.85. The lowest BCUT2D eigenvalue weighted by atomic mass is 9.92. The third kappa shape index (κ3) is 3.94. The van der Waals surface area contributed by atoms with Gasteiger partial charge in [0.2, 0.25) is 0 Å². The minimum atomic E-state index is -1.03. The molecule has 0 spiro atoms. The first-order valence-electron chi connectivity index (χ1n) is 7.16. The second-order valence-corrected chi connectivity index (χ2v) is 6.36. The van der Waals surface area contributed by atoms with Crippen LogP contribution >= 0.6 is 0 Å². The van der Waals surface area contributed by atoms with Crippen LogP contribution < -0.4 is 4.74 Å². The molecule has 1 N–H and O–H groups in total. The van der Waals surface area contributed by atoms with E-state index in [-0.39, 0.29) is 11.7 Å². The van der Waals surface area contributed by atoms with Gasteiger partial charge in [0, 0.05) is 13.1 Å². The number of ether oxygens (including phenoxy) is 1. The van der Waals surface area contributed by atoms with Crippen molar-refractivity contribution in [3.05, 3.63) is 30.1 Å². The molecule has 5 heteroatoms. The monoisotopic (exact) mass is 295 g/mol. The van der Waals surface area contributed by atoms with E-state index >= 15 is 0 Å². The quantitative estimate of drug-likeness (QED) is 0.931. The Kier molecular flexibility index (Phi) is 4.23. The van der Waals surface area contributed by atoms with Crippen molar-refractivity contribution in [3.8, 4) is 5.75 Å². The molecule has 0 aromatic heterocycles. The van der Waals surface area contributed by atoms with E-state index in [9.17, 15) is 14.3 Å². The molecule has 2 rings (SSSR count). The Balaban J connectivity index is 2.01. The van der Waals surface area contributed by atoms with E-state index in [0.717, 1.165) is 0 Å². The molecule has 0 bridgehead atoms. The van der Waals surface area contributed by atoms with Crippen molar-refractivity contribution < 1.29 is 19.0 Å². The summed E-state index contributed by atoms with van der Waals surface area (Å²) in [4.78, 5) is 14.3. The zero-order valence-corrected chi connectivity index (χ0v) is 12.7. The molecular weight excluding hydrogens is 273 g/mol. The maximum Gasteiger partial charge on any atom is 0.266 e. The summed E-state index contributed by atoms with van der Waals surface area (Å²) >= 11 is 0. The van der Waals surface area contributed by atoms with E-state index in [4.69, 9.17) is 4.74 Å². The average molecular weight is 295 g/mol. The summed E-state index contributed by atoms with van der Waals surface area (Å²) in [5.74, 6) is -0.00849. The number of benzene rings is 1. The molecule has 1 saturated heterocycles. The summed E-state index contributed by atoms with van der Waals surface area (Å²) in [5.41, 5.74) is -1.72. The molecule has 0 aliphatic carbocycles. The minimum absolute atomic E-state index is 0.123. The second kappa shape index (κ2) is 5.64. The highest BCUT2D eigenvalue weighted by Gasteiger charge is 2.38.